The number of urea groups is 1. The SMILES string of the molecule is O=C(Nc1cc(-c2ccc(Cl)cc2)no1)NC1CCCCC1. The van der Waals surface area contributed by atoms with Gasteiger partial charge in [-0.25, -0.2) is 4.79 Å². The Kier molecular flexibility index (Phi) is 4.63. The Morgan fingerprint density at radius 1 is 1.18 bits per heavy atom. The second-order valence-corrected chi connectivity index (χ2v) is 5.95. The average molecular weight is 320 g/mol. The van der Waals surface area contributed by atoms with Gasteiger partial charge >= 0.3 is 6.03 Å². The molecule has 0 atom stereocenters. The Hall–Kier alpha value is -2.01. The fourth-order valence-electron chi connectivity index (χ4n) is 2.67. The van der Waals surface area contributed by atoms with Crippen LogP contribution in [0.25, 0.3) is 11.3 Å². The number of hydrogen-bond acceptors (Lipinski definition) is 3. The van der Waals surface area contributed by atoms with Crippen LogP contribution < -0.4 is 10.6 Å². The molecule has 0 unspecified atom stereocenters. The average Bonchev–Trinajstić information content (AvgIpc) is 2.97. The number of rotatable bonds is 3. The van der Waals surface area contributed by atoms with Crippen LogP contribution in [0.5, 0.6) is 0 Å². The maximum atomic E-state index is 11.9. The summed E-state index contributed by atoms with van der Waals surface area (Å²) in [5.74, 6) is 0.332. The molecule has 22 heavy (non-hydrogen) atoms. The van der Waals surface area contributed by atoms with E-state index in [4.69, 9.17) is 16.1 Å². The van der Waals surface area contributed by atoms with Gasteiger partial charge in [0.25, 0.3) is 0 Å². The Bertz CT molecular complexity index is 633. The Morgan fingerprint density at radius 3 is 2.64 bits per heavy atom. The maximum absolute atomic E-state index is 11.9. The normalized spacial score (nSPS) is 15.5. The van der Waals surface area contributed by atoms with E-state index in [1.165, 1.54) is 19.3 Å². The third-order valence-electron chi connectivity index (χ3n) is 3.83. The van der Waals surface area contributed by atoms with E-state index in [9.17, 15) is 4.79 Å². The first-order chi connectivity index (χ1) is 10.7. The minimum Gasteiger partial charge on any atom is -0.338 e. The molecule has 5 nitrogen and oxygen atoms in total. The number of carbonyl (C=O) groups excluding carboxylic acids is 1. The van der Waals surface area contributed by atoms with E-state index in [1.807, 2.05) is 12.1 Å². The van der Waals surface area contributed by atoms with Crippen molar-refractivity contribution in [3.05, 3.63) is 35.4 Å². The number of hydrogen-bond donors (Lipinski definition) is 2. The van der Waals surface area contributed by atoms with Gasteiger partial charge in [0.2, 0.25) is 5.88 Å². The van der Waals surface area contributed by atoms with Crippen LogP contribution in [0.3, 0.4) is 0 Å². The van der Waals surface area contributed by atoms with E-state index in [1.54, 1.807) is 18.2 Å². The number of nitrogens with one attached hydrogen (secondary N) is 2. The molecule has 1 aliphatic rings. The van der Waals surface area contributed by atoms with Gasteiger partial charge in [0.1, 0.15) is 5.69 Å². The van der Waals surface area contributed by atoms with Gasteiger partial charge in [-0.3, -0.25) is 5.32 Å². The van der Waals surface area contributed by atoms with E-state index in [-0.39, 0.29) is 12.1 Å². The van der Waals surface area contributed by atoms with Crippen molar-refractivity contribution in [3.63, 3.8) is 0 Å². The molecule has 0 bridgehead atoms. The molecule has 0 aliphatic heterocycles. The first-order valence-corrected chi connectivity index (χ1v) is 7.89. The highest BCUT2D eigenvalue weighted by atomic mass is 35.5. The van der Waals surface area contributed by atoms with Gasteiger partial charge in [0.15, 0.2) is 0 Å². The number of benzene rings is 1. The van der Waals surface area contributed by atoms with Gasteiger partial charge in [-0.2, -0.15) is 0 Å². The van der Waals surface area contributed by atoms with Gasteiger partial charge < -0.3 is 9.84 Å². The molecule has 2 N–H and O–H groups in total. The standard InChI is InChI=1S/C16H18ClN3O2/c17-12-8-6-11(7-9-12)14-10-15(22-20-14)19-16(21)18-13-4-2-1-3-5-13/h6-10,13H,1-5H2,(H2,18,19,21). The highest BCUT2D eigenvalue weighted by Crippen LogP contribution is 2.23. The summed E-state index contributed by atoms with van der Waals surface area (Å²) >= 11 is 5.86. The van der Waals surface area contributed by atoms with Gasteiger partial charge in [-0.05, 0) is 25.0 Å². The summed E-state index contributed by atoms with van der Waals surface area (Å²) in [6, 6.07) is 8.99. The summed E-state index contributed by atoms with van der Waals surface area (Å²) in [6.45, 7) is 0. The molecule has 1 aromatic carbocycles. The van der Waals surface area contributed by atoms with Crippen molar-refractivity contribution >= 4 is 23.5 Å². The summed E-state index contributed by atoms with van der Waals surface area (Å²) in [4.78, 5) is 11.9. The van der Waals surface area contributed by atoms with Crippen molar-refractivity contribution in [3.8, 4) is 11.3 Å². The first kappa shape index (κ1) is 14.9. The van der Waals surface area contributed by atoms with Crippen LogP contribution in [0.15, 0.2) is 34.9 Å². The number of aromatic nitrogens is 1. The molecule has 116 valence electrons. The highest BCUT2D eigenvalue weighted by molar-refractivity contribution is 6.30. The van der Waals surface area contributed by atoms with Crippen LogP contribution >= 0.6 is 11.6 Å². The van der Waals surface area contributed by atoms with Gasteiger partial charge in [0.05, 0.1) is 0 Å². The van der Waals surface area contributed by atoms with Gasteiger partial charge in [-0.15, -0.1) is 0 Å². The Morgan fingerprint density at radius 2 is 1.91 bits per heavy atom. The van der Waals surface area contributed by atoms with E-state index in [0.717, 1.165) is 18.4 Å². The monoisotopic (exact) mass is 319 g/mol. The van der Waals surface area contributed by atoms with Crippen molar-refractivity contribution in [1.29, 1.82) is 0 Å². The summed E-state index contributed by atoms with van der Waals surface area (Å²) in [7, 11) is 0. The lowest BCUT2D eigenvalue weighted by Gasteiger charge is -2.22. The van der Waals surface area contributed by atoms with Crippen LogP contribution in [-0.2, 0) is 0 Å². The minimum absolute atomic E-state index is 0.245. The summed E-state index contributed by atoms with van der Waals surface area (Å²) in [5, 5.41) is 10.3. The number of amides is 2. The zero-order valence-electron chi connectivity index (χ0n) is 12.1. The molecule has 1 aromatic heterocycles. The van der Waals surface area contributed by atoms with Crippen molar-refractivity contribution in [1.82, 2.24) is 10.5 Å². The smallest absolute Gasteiger partial charge is 0.321 e. The van der Waals surface area contributed by atoms with Crippen molar-refractivity contribution in [2.45, 2.75) is 38.1 Å². The lowest BCUT2D eigenvalue weighted by molar-refractivity contribution is 0.243. The third kappa shape index (κ3) is 3.80. The molecule has 1 heterocycles. The van der Waals surface area contributed by atoms with Crippen LogP contribution in [0.4, 0.5) is 10.7 Å². The molecular weight excluding hydrogens is 302 g/mol. The summed E-state index contributed by atoms with van der Waals surface area (Å²) in [5.41, 5.74) is 1.54. The predicted molar refractivity (Wildman–Crippen MR) is 86.0 cm³/mol. The van der Waals surface area contributed by atoms with E-state index < -0.39 is 0 Å². The number of halogens is 1. The number of nitrogens with zero attached hydrogens (tertiary/aromatic N) is 1. The lowest BCUT2D eigenvalue weighted by atomic mass is 9.96. The predicted octanol–water partition coefficient (Wildman–Crippen LogP) is 4.45. The van der Waals surface area contributed by atoms with E-state index in [0.29, 0.717) is 16.6 Å². The first-order valence-electron chi connectivity index (χ1n) is 7.51. The zero-order valence-corrected chi connectivity index (χ0v) is 12.9. The summed E-state index contributed by atoms with van der Waals surface area (Å²) < 4.78 is 5.15. The Labute approximate surface area is 134 Å². The molecule has 0 spiro atoms. The Balaban J connectivity index is 1.59. The topological polar surface area (TPSA) is 67.2 Å². The van der Waals surface area contributed by atoms with Crippen molar-refractivity contribution in [2.75, 3.05) is 5.32 Å². The number of anilines is 1. The molecule has 0 radical (unpaired) electrons. The molecule has 2 aromatic rings. The third-order valence-corrected chi connectivity index (χ3v) is 4.08. The van der Waals surface area contributed by atoms with Crippen molar-refractivity contribution in [2.24, 2.45) is 0 Å². The molecule has 1 saturated carbocycles. The molecular formula is C16H18ClN3O2. The number of carbonyl (C=O) groups is 1. The fraction of sp³-hybridized carbons (Fsp3) is 0.375. The van der Waals surface area contributed by atoms with Crippen LogP contribution in [-0.4, -0.2) is 17.2 Å². The summed E-state index contributed by atoms with van der Waals surface area (Å²) in [6.07, 6.45) is 5.69. The molecule has 2 amide bonds. The maximum Gasteiger partial charge on any atom is 0.321 e. The fourth-order valence-corrected chi connectivity index (χ4v) is 2.80. The van der Waals surface area contributed by atoms with Crippen LogP contribution in [0, 0.1) is 0 Å². The lowest BCUT2D eigenvalue weighted by Crippen LogP contribution is -2.38. The zero-order chi connectivity index (χ0) is 15.4. The van der Waals surface area contributed by atoms with Gasteiger partial charge in [0, 0.05) is 22.7 Å². The van der Waals surface area contributed by atoms with E-state index in [2.05, 4.69) is 15.8 Å². The largest absolute Gasteiger partial charge is 0.338 e. The van der Waals surface area contributed by atoms with E-state index >= 15 is 0 Å². The molecule has 1 fully saturated rings. The molecule has 3 rings (SSSR count). The van der Waals surface area contributed by atoms with Gasteiger partial charge in [-0.1, -0.05) is 48.2 Å². The highest BCUT2D eigenvalue weighted by Gasteiger charge is 2.16. The molecule has 0 saturated heterocycles. The van der Waals surface area contributed by atoms with Crippen molar-refractivity contribution < 1.29 is 9.32 Å². The molecule has 6 heteroatoms. The second kappa shape index (κ2) is 6.83. The van der Waals surface area contributed by atoms with Crippen LogP contribution in [0.2, 0.25) is 5.02 Å². The van der Waals surface area contributed by atoms with Crippen LogP contribution in [0.1, 0.15) is 32.1 Å². The molecule has 1 aliphatic carbocycles. The second-order valence-electron chi connectivity index (χ2n) is 5.52. The minimum atomic E-state index is -0.245. The quantitative estimate of drug-likeness (QED) is 0.878.